The van der Waals surface area contributed by atoms with Gasteiger partial charge in [-0.05, 0) is 19.9 Å². The van der Waals surface area contributed by atoms with E-state index in [1.165, 1.54) is 0 Å². The fourth-order valence-corrected chi connectivity index (χ4v) is 1.90. The number of likely N-dealkylation sites (N-methyl/N-ethyl adjacent to an activating group) is 1. The normalized spacial score (nSPS) is 13.7. The average Bonchev–Trinajstić information content (AvgIpc) is 2.26. The van der Waals surface area contributed by atoms with Gasteiger partial charge in [0.1, 0.15) is 0 Å². The lowest BCUT2D eigenvalue weighted by Crippen LogP contribution is -2.41. The van der Waals surface area contributed by atoms with Crippen molar-refractivity contribution in [2.24, 2.45) is 0 Å². The molecule has 0 spiro atoms. The van der Waals surface area contributed by atoms with Crippen molar-refractivity contribution in [3.8, 4) is 0 Å². The standard InChI is InChI=1S/C12H28N2O2/c1-5-11(6-2)14(3)10-12(15)9-13-7-8-16-4/h11-13,15H,5-10H2,1-4H3. The van der Waals surface area contributed by atoms with Crippen LogP contribution in [0.1, 0.15) is 26.7 Å². The third kappa shape index (κ3) is 7.17. The first-order valence-electron chi connectivity index (χ1n) is 6.23. The Kier molecular flexibility index (Phi) is 9.92. The van der Waals surface area contributed by atoms with Gasteiger partial charge in [0, 0.05) is 32.8 Å². The van der Waals surface area contributed by atoms with Gasteiger partial charge < -0.3 is 20.1 Å². The number of ether oxygens (including phenoxy) is 1. The molecule has 0 fully saturated rings. The largest absolute Gasteiger partial charge is 0.390 e. The number of aliphatic hydroxyl groups is 1. The molecule has 0 rings (SSSR count). The Labute approximate surface area is 100.0 Å². The van der Waals surface area contributed by atoms with E-state index in [0.717, 1.165) is 25.9 Å². The predicted molar refractivity (Wildman–Crippen MR) is 67.8 cm³/mol. The fourth-order valence-electron chi connectivity index (χ4n) is 1.90. The first kappa shape index (κ1) is 15.8. The summed E-state index contributed by atoms with van der Waals surface area (Å²) in [5.41, 5.74) is 0. The minimum atomic E-state index is -0.303. The number of hydrogen-bond donors (Lipinski definition) is 2. The molecule has 4 heteroatoms. The summed E-state index contributed by atoms with van der Waals surface area (Å²) in [6.07, 6.45) is 1.97. The zero-order valence-electron chi connectivity index (χ0n) is 11.2. The lowest BCUT2D eigenvalue weighted by atomic mass is 10.1. The van der Waals surface area contributed by atoms with Crippen LogP contribution in [0, 0.1) is 0 Å². The number of rotatable bonds is 10. The highest BCUT2D eigenvalue weighted by Gasteiger charge is 2.14. The second-order valence-corrected chi connectivity index (χ2v) is 4.26. The minimum absolute atomic E-state index is 0.303. The van der Waals surface area contributed by atoms with E-state index < -0.39 is 0 Å². The summed E-state index contributed by atoms with van der Waals surface area (Å²) >= 11 is 0. The van der Waals surface area contributed by atoms with Gasteiger partial charge in [-0.2, -0.15) is 0 Å². The van der Waals surface area contributed by atoms with Crippen LogP contribution in [0.25, 0.3) is 0 Å². The number of methoxy groups -OCH3 is 1. The van der Waals surface area contributed by atoms with Crippen LogP contribution in [0.3, 0.4) is 0 Å². The molecule has 98 valence electrons. The molecule has 0 radical (unpaired) electrons. The first-order chi connectivity index (χ1) is 7.65. The average molecular weight is 232 g/mol. The predicted octanol–water partition coefficient (Wildman–Crippen LogP) is 0.704. The van der Waals surface area contributed by atoms with E-state index in [1.54, 1.807) is 7.11 Å². The molecule has 0 aromatic heterocycles. The molecule has 0 amide bonds. The molecular weight excluding hydrogens is 204 g/mol. The third-order valence-corrected chi connectivity index (χ3v) is 2.93. The van der Waals surface area contributed by atoms with Crippen molar-refractivity contribution in [1.82, 2.24) is 10.2 Å². The molecule has 16 heavy (non-hydrogen) atoms. The second-order valence-electron chi connectivity index (χ2n) is 4.26. The van der Waals surface area contributed by atoms with Crippen molar-refractivity contribution in [2.45, 2.75) is 38.8 Å². The van der Waals surface area contributed by atoms with Crippen LogP contribution >= 0.6 is 0 Å². The molecule has 0 aliphatic rings. The zero-order chi connectivity index (χ0) is 12.4. The Hall–Kier alpha value is -0.160. The van der Waals surface area contributed by atoms with Crippen LogP contribution in [-0.2, 0) is 4.74 Å². The summed E-state index contributed by atoms with van der Waals surface area (Å²) in [4.78, 5) is 2.24. The topological polar surface area (TPSA) is 44.7 Å². The summed E-state index contributed by atoms with van der Waals surface area (Å²) < 4.78 is 4.92. The number of nitrogens with one attached hydrogen (secondary N) is 1. The Bertz CT molecular complexity index is 152. The SMILES string of the molecule is CCC(CC)N(C)CC(O)CNCCOC. The molecule has 0 aromatic rings. The van der Waals surface area contributed by atoms with E-state index >= 15 is 0 Å². The van der Waals surface area contributed by atoms with Crippen molar-refractivity contribution < 1.29 is 9.84 Å². The highest BCUT2D eigenvalue weighted by Crippen LogP contribution is 2.06. The van der Waals surface area contributed by atoms with Crippen LogP contribution in [0.2, 0.25) is 0 Å². The molecule has 0 aliphatic heterocycles. The lowest BCUT2D eigenvalue weighted by Gasteiger charge is -2.28. The monoisotopic (exact) mass is 232 g/mol. The van der Waals surface area contributed by atoms with E-state index in [9.17, 15) is 5.11 Å². The molecule has 0 aromatic carbocycles. The fraction of sp³-hybridized carbons (Fsp3) is 1.00. The Morgan fingerprint density at radius 1 is 1.31 bits per heavy atom. The minimum Gasteiger partial charge on any atom is -0.390 e. The molecule has 1 atom stereocenters. The number of aliphatic hydroxyl groups excluding tert-OH is 1. The highest BCUT2D eigenvalue weighted by atomic mass is 16.5. The summed E-state index contributed by atoms with van der Waals surface area (Å²) in [5, 5.41) is 13.0. The smallest absolute Gasteiger partial charge is 0.0791 e. The Morgan fingerprint density at radius 3 is 2.44 bits per heavy atom. The molecular formula is C12H28N2O2. The van der Waals surface area contributed by atoms with Gasteiger partial charge in [0.15, 0.2) is 0 Å². The summed E-state index contributed by atoms with van der Waals surface area (Å²) in [5.74, 6) is 0. The van der Waals surface area contributed by atoms with E-state index in [1.807, 2.05) is 0 Å². The molecule has 4 nitrogen and oxygen atoms in total. The van der Waals surface area contributed by atoms with Crippen molar-refractivity contribution in [2.75, 3.05) is 40.4 Å². The van der Waals surface area contributed by atoms with Gasteiger partial charge in [0.05, 0.1) is 12.7 Å². The van der Waals surface area contributed by atoms with E-state index in [0.29, 0.717) is 19.2 Å². The molecule has 0 heterocycles. The summed E-state index contributed by atoms with van der Waals surface area (Å²) in [6, 6.07) is 0.577. The van der Waals surface area contributed by atoms with Gasteiger partial charge in [-0.1, -0.05) is 13.8 Å². The number of hydrogen-bond acceptors (Lipinski definition) is 4. The molecule has 0 saturated heterocycles. The van der Waals surface area contributed by atoms with Crippen molar-refractivity contribution in [1.29, 1.82) is 0 Å². The van der Waals surface area contributed by atoms with Gasteiger partial charge in [-0.25, -0.2) is 0 Å². The maximum atomic E-state index is 9.81. The molecule has 2 N–H and O–H groups in total. The second kappa shape index (κ2) is 10.0. The molecule has 0 aliphatic carbocycles. The van der Waals surface area contributed by atoms with E-state index in [4.69, 9.17) is 4.74 Å². The van der Waals surface area contributed by atoms with Crippen molar-refractivity contribution in [3.05, 3.63) is 0 Å². The summed E-state index contributed by atoms with van der Waals surface area (Å²) in [7, 11) is 3.76. The quantitative estimate of drug-likeness (QED) is 0.544. The van der Waals surface area contributed by atoms with Crippen LogP contribution in [0.5, 0.6) is 0 Å². The lowest BCUT2D eigenvalue weighted by molar-refractivity contribution is 0.0978. The number of nitrogens with zero attached hydrogens (tertiary/aromatic N) is 1. The van der Waals surface area contributed by atoms with Crippen molar-refractivity contribution in [3.63, 3.8) is 0 Å². The first-order valence-corrected chi connectivity index (χ1v) is 6.23. The van der Waals surface area contributed by atoms with Gasteiger partial charge >= 0.3 is 0 Å². The summed E-state index contributed by atoms with van der Waals surface area (Å²) in [6.45, 7) is 7.22. The molecule has 0 saturated carbocycles. The molecule has 0 bridgehead atoms. The van der Waals surface area contributed by atoms with Crippen molar-refractivity contribution >= 4 is 0 Å². The Balaban J connectivity index is 3.64. The maximum absolute atomic E-state index is 9.81. The van der Waals surface area contributed by atoms with Crippen LogP contribution in [0.4, 0.5) is 0 Å². The third-order valence-electron chi connectivity index (χ3n) is 2.93. The Morgan fingerprint density at radius 2 is 1.94 bits per heavy atom. The maximum Gasteiger partial charge on any atom is 0.0791 e. The highest BCUT2D eigenvalue weighted by molar-refractivity contribution is 4.70. The van der Waals surface area contributed by atoms with Crippen LogP contribution < -0.4 is 5.32 Å². The van der Waals surface area contributed by atoms with E-state index in [-0.39, 0.29) is 6.10 Å². The van der Waals surface area contributed by atoms with Crippen LogP contribution in [0.15, 0.2) is 0 Å². The zero-order valence-corrected chi connectivity index (χ0v) is 11.2. The van der Waals surface area contributed by atoms with Gasteiger partial charge in [-0.15, -0.1) is 0 Å². The van der Waals surface area contributed by atoms with Gasteiger partial charge in [-0.3, -0.25) is 0 Å². The molecule has 1 unspecified atom stereocenters. The van der Waals surface area contributed by atoms with Crippen LogP contribution in [-0.4, -0.2) is 62.6 Å². The van der Waals surface area contributed by atoms with Gasteiger partial charge in [0.2, 0.25) is 0 Å². The van der Waals surface area contributed by atoms with E-state index in [2.05, 4.69) is 31.1 Å². The van der Waals surface area contributed by atoms with Gasteiger partial charge in [0.25, 0.3) is 0 Å².